The zero-order chi connectivity index (χ0) is 15.9. The summed E-state index contributed by atoms with van der Waals surface area (Å²) in [6, 6.07) is 2.96. The summed E-state index contributed by atoms with van der Waals surface area (Å²) in [4.78, 5) is 28.6. The molecule has 0 aliphatic carbocycles. The summed E-state index contributed by atoms with van der Waals surface area (Å²) >= 11 is 0. The molecule has 3 saturated heterocycles. The van der Waals surface area contributed by atoms with Crippen molar-refractivity contribution in [3.63, 3.8) is 0 Å². The van der Waals surface area contributed by atoms with Crippen molar-refractivity contribution in [2.24, 2.45) is 5.92 Å². The summed E-state index contributed by atoms with van der Waals surface area (Å²) in [5, 5.41) is 0. The van der Waals surface area contributed by atoms with Gasteiger partial charge in [0.05, 0.1) is 6.26 Å². The molecule has 0 saturated carbocycles. The van der Waals surface area contributed by atoms with Gasteiger partial charge in [-0.25, -0.2) is 8.42 Å². The number of rotatable bonds is 2. The lowest BCUT2D eigenvalue weighted by atomic mass is 9.94. The van der Waals surface area contributed by atoms with Crippen LogP contribution in [0, 0.1) is 5.92 Å². The molecule has 0 radical (unpaired) electrons. The molecule has 7 nitrogen and oxygen atoms in total. The van der Waals surface area contributed by atoms with Gasteiger partial charge in [0.25, 0.3) is 11.5 Å². The molecule has 3 aliphatic heterocycles. The second kappa shape index (κ2) is 5.51. The van der Waals surface area contributed by atoms with Gasteiger partial charge in [0, 0.05) is 31.9 Å². The number of H-pyrrole nitrogens is 1. The number of hydrogen-bond acceptors (Lipinski definition) is 4. The quantitative estimate of drug-likeness (QED) is 0.820. The van der Waals surface area contributed by atoms with Crippen LogP contribution in [-0.4, -0.2) is 60.4 Å². The van der Waals surface area contributed by atoms with Crippen LogP contribution in [0.1, 0.15) is 23.2 Å². The maximum Gasteiger partial charge on any atom is 0.260 e. The minimum atomic E-state index is -3.27. The second-order valence-corrected chi connectivity index (χ2v) is 8.03. The van der Waals surface area contributed by atoms with Gasteiger partial charge in [0.1, 0.15) is 5.56 Å². The molecule has 0 spiro atoms. The molecule has 4 heterocycles. The summed E-state index contributed by atoms with van der Waals surface area (Å²) in [5.74, 6) is -0.188. The van der Waals surface area contributed by atoms with E-state index >= 15 is 0 Å². The van der Waals surface area contributed by atoms with Gasteiger partial charge in [-0.2, -0.15) is 4.31 Å². The van der Waals surface area contributed by atoms with Gasteiger partial charge in [0.2, 0.25) is 10.0 Å². The smallest absolute Gasteiger partial charge is 0.260 e. The highest BCUT2D eigenvalue weighted by atomic mass is 32.2. The van der Waals surface area contributed by atoms with Crippen LogP contribution in [0.25, 0.3) is 0 Å². The van der Waals surface area contributed by atoms with Crippen molar-refractivity contribution < 1.29 is 13.2 Å². The summed E-state index contributed by atoms with van der Waals surface area (Å²) in [6.07, 6.45) is 4.36. The molecule has 2 atom stereocenters. The van der Waals surface area contributed by atoms with E-state index in [0.29, 0.717) is 19.6 Å². The topological polar surface area (TPSA) is 90.6 Å². The number of carbonyl (C=O) groups excluding carboxylic acids is 1. The maximum absolute atomic E-state index is 12.7. The lowest BCUT2D eigenvalue weighted by Crippen LogP contribution is -2.48. The Morgan fingerprint density at radius 2 is 2.05 bits per heavy atom. The molecule has 0 aromatic carbocycles. The predicted octanol–water partition coefficient (Wildman–Crippen LogP) is -0.129. The van der Waals surface area contributed by atoms with Gasteiger partial charge in [-0.3, -0.25) is 9.59 Å². The number of nitrogens with one attached hydrogen (secondary N) is 1. The largest absolute Gasteiger partial charge is 0.334 e. The molecule has 1 amide bonds. The van der Waals surface area contributed by atoms with Crippen LogP contribution in [0.4, 0.5) is 0 Å². The first kappa shape index (κ1) is 15.2. The standard InChI is InChI=1S/C14H19N3O4S/c1-22(20,21)16-7-10-4-5-11(9-16)17(8-10)14(19)12-3-2-6-15-13(12)18/h2-3,6,10-11H,4-5,7-9H2,1H3,(H,15,18)/t10-,11+/m0/s1. The Kier molecular flexibility index (Phi) is 3.82. The Morgan fingerprint density at radius 3 is 2.73 bits per heavy atom. The first-order chi connectivity index (χ1) is 10.4. The number of carbonyl (C=O) groups is 1. The fourth-order valence-corrected chi connectivity index (χ4v) is 4.23. The van der Waals surface area contributed by atoms with Crippen molar-refractivity contribution in [2.75, 3.05) is 25.9 Å². The highest BCUT2D eigenvalue weighted by molar-refractivity contribution is 7.88. The first-order valence-corrected chi connectivity index (χ1v) is 9.15. The van der Waals surface area contributed by atoms with E-state index in [2.05, 4.69) is 4.98 Å². The van der Waals surface area contributed by atoms with Gasteiger partial charge >= 0.3 is 0 Å². The Labute approximate surface area is 129 Å². The van der Waals surface area contributed by atoms with Crippen LogP contribution in [0.3, 0.4) is 0 Å². The van der Waals surface area contributed by atoms with E-state index in [1.165, 1.54) is 22.8 Å². The molecule has 4 rings (SSSR count). The zero-order valence-electron chi connectivity index (χ0n) is 12.4. The number of hydrogen-bond donors (Lipinski definition) is 1. The number of fused-ring (bicyclic) bond motifs is 4. The minimum Gasteiger partial charge on any atom is -0.334 e. The second-order valence-electron chi connectivity index (χ2n) is 6.05. The van der Waals surface area contributed by atoms with Gasteiger partial charge in [-0.1, -0.05) is 0 Å². The molecule has 22 heavy (non-hydrogen) atoms. The van der Waals surface area contributed by atoms with Gasteiger partial charge < -0.3 is 9.88 Å². The molecule has 2 bridgehead atoms. The van der Waals surface area contributed by atoms with Crippen LogP contribution in [0.15, 0.2) is 23.1 Å². The minimum absolute atomic E-state index is 0.112. The average molecular weight is 325 g/mol. The highest BCUT2D eigenvalue weighted by Gasteiger charge is 2.40. The van der Waals surface area contributed by atoms with Crippen molar-refractivity contribution >= 4 is 15.9 Å². The van der Waals surface area contributed by atoms with E-state index in [9.17, 15) is 18.0 Å². The van der Waals surface area contributed by atoms with Crippen LogP contribution >= 0.6 is 0 Å². The molecule has 1 aromatic rings. The summed E-state index contributed by atoms with van der Waals surface area (Å²) in [7, 11) is -3.27. The highest BCUT2D eigenvalue weighted by Crippen LogP contribution is 2.29. The van der Waals surface area contributed by atoms with E-state index in [-0.39, 0.29) is 23.4 Å². The molecule has 3 aliphatic rings. The van der Waals surface area contributed by atoms with E-state index < -0.39 is 15.6 Å². The number of piperidine rings is 1. The first-order valence-electron chi connectivity index (χ1n) is 7.30. The van der Waals surface area contributed by atoms with Gasteiger partial charge in [-0.15, -0.1) is 0 Å². The summed E-state index contributed by atoms with van der Waals surface area (Å²) in [5.41, 5.74) is -0.298. The Balaban J connectivity index is 1.89. The van der Waals surface area contributed by atoms with Gasteiger partial charge in [0.15, 0.2) is 0 Å². The Morgan fingerprint density at radius 1 is 1.27 bits per heavy atom. The van der Waals surface area contributed by atoms with Crippen molar-refractivity contribution in [3.8, 4) is 0 Å². The number of aromatic nitrogens is 1. The molecular weight excluding hydrogens is 306 g/mol. The molecule has 3 fully saturated rings. The van der Waals surface area contributed by atoms with Crippen LogP contribution < -0.4 is 5.56 Å². The molecule has 1 N–H and O–H groups in total. The average Bonchev–Trinajstić information content (AvgIpc) is 2.78. The number of sulfonamides is 1. The van der Waals surface area contributed by atoms with Crippen molar-refractivity contribution in [1.29, 1.82) is 0 Å². The maximum atomic E-state index is 12.7. The van der Waals surface area contributed by atoms with Gasteiger partial charge in [-0.05, 0) is 30.9 Å². The molecule has 8 heteroatoms. The zero-order valence-corrected chi connectivity index (χ0v) is 13.2. The molecule has 0 unspecified atom stereocenters. The number of nitrogens with zero attached hydrogens (tertiary/aromatic N) is 2. The summed E-state index contributed by atoms with van der Waals surface area (Å²) < 4.78 is 25.1. The van der Waals surface area contributed by atoms with E-state index in [0.717, 1.165) is 12.8 Å². The third-order valence-corrected chi connectivity index (χ3v) is 5.69. The van der Waals surface area contributed by atoms with E-state index in [4.69, 9.17) is 0 Å². The van der Waals surface area contributed by atoms with Crippen molar-refractivity contribution in [2.45, 2.75) is 18.9 Å². The van der Waals surface area contributed by atoms with Crippen LogP contribution in [-0.2, 0) is 10.0 Å². The monoisotopic (exact) mass is 325 g/mol. The van der Waals surface area contributed by atoms with Crippen molar-refractivity contribution in [3.05, 3.63) is 34.2 Å². The third kappa shape index (κ3) is 2.80. The molecule has 1 aromatic heterocycles. The molecule has 120 valence electrons. The third-order valence-electron chi connectivity index (χ3n) is 4.46. The fourth-order valence-electron chi connectivity index (χ4n) is 3.30. The predicted molar refractivity (Wildman–Crippen MR) is 81.0 cm³/mol. The number of amides is 1. The number of aromatic amines is 1. The van der Waals surface area contributed by atoms with Crippen LogP contribution in [0.5, 0.6) is 0 Å². The van der Waals surface area contributed by atoms with Crippen molar-refractivity contribution in [1.82, 2.24) is 14.2 Å². The van der Waals surface area contributed by atoms with E-state index in [1.54, 1.807) is 11.0 Å². The summed E-state index contributed by atoms with van der Waals surface area (Å²) in [6.45, 7) is 1.26. The number of pyridine rings is 1. The molecular formula is C14H19N3O4S. The van der Waals surface area contributed by atoms with E-state index in [1.807, 2.05) is 0 Å². The van der Waals surface area contributed by atoms with Crippen LogP contribution in [0.2, 0.25) is 0 Å². The lowest BCUT2D eigenvalue weighted by Gasteiger charge is -2.36. The Hall–Kier alpha value is -1.67. The Bertz CT molecular complexity index is 742. The normalized spacial score (nSPS) is 26.0. The fraction of sp³-hybridized carbons (Fsp3) is 0.571. The SMILES string of the molecule is CS(=O)(=O)N1C[C@@H]2CC[C@H](C1)N(C(=O)c1ccc[nH]c1=O)C2. The lowest BCUT2D eigenvalue weighted by molar-refractivity contribution is 0.0587.